The summed E-state index contributed by atoms with van der Waals surface area (Å²) in [6, 6.07) is 7.52. The third-order valence-corrected chi connectivity index (χ3v) is 5.85. The number of aliphatic carboxylic acids is 1. The van der Waals surface area contributed by atoms with Crippen LogP contribution in [-0.4, -0.2) is 42.0 Å². The number of sulfonamides is 1. The maximum atomic E-state index is 13.0. The zero-order valence-corrected chi connectivity index (χ0v) is 15.5. The lowest BCUT2D eigenvalue weighted by Gasteiger charge is -2.21. The summed E-state index contributed by atoms with van der Waals surface area (Å²) in [4.78, 5) is 10.5. The molecule has 0 aromatic heterocycles. The van der Waals surface area contributed by atoms with Crippen LogP contribution in [0.5, 0.6) is 5.75 Å². The Morgan fingerprint density at radius 1 is 1.15 bits per heavy atom. The van der Waals surface area contributed by atoms with Crippen LogP contribution in [0.2, 0.25) is 10.0 Å². The first-order valence-electron chi connectivity index (χ1n) is 7.25. The van der Waals surface area contributed by atoms with E-state index < -0.39 is 39.0 Å². The number of hydrogen-bond donors (Lipinski definition) is 2. The van der Waals surface area contributed by atoms with E-state index in [1.165, 1.54) is 24.3 Å². The Labute approximate surface area is 159 Å². The first kappa shape index (κ1) is 20.4. The number of carboxylic acids is 1. The van der Waals surface area contributed by atoms with Crippen LogP contribution in [0.4, 0.5) is 4.39 Å². The van der Waals surface area contributed by atoms with Crippen LogP contribution in [-0.2, 0) is 21.2 Å². The average Bonchev–Trinajstić information content (AvgIpc) is 2.55. The number of carboxylic acid groups (broad SMARTS) is 1. The molecule has 0 aliphatic heterocycles. The van der Waals surface area contributed by atoms with Gasteiger partial charge in [0.2, 0.25) is 10.0 Å². The van der Waals surface area contributed by atoms with Crippen molar-refractivity contribution in [2.24, 2.45) is 0 Å². The van der Waals surface area contributed by atoms with E-state index >= 15 is 0 Å². The fourth-order valence-electron chi connectivity index (χ4n) is 2.22. The highest BCUT2D eigenvalue weighted by atomic mass is 35.5. The average molecular weight is 422 g/mol. The maximum absolute atomic E-state index is 13.0. The van der Waals surface area contributed by atoms with Crippen LogP contribution in [0.1, 0.15) is 5.56 Å². The molecular formula is C16H14Cl2FNO5S. The molecule has 2 rings (SSSR count). The molecule has 0 atom stereocenters. The van der Waals surface area contributed by atoms with Crippen LogP contribution in [0, 0.1) is 5.82 Å². The monoisotopic (exact) mass is 421 g/mol. The summed E-state index contributed by atoms with van der Waals surface area (Å²) in [6.07, 6.45) is 0.141. The second-order valence-corrected chi connectivity index (χ2v) is 8.09. The first-order chi connectivity index (χ1) is 12.1. The van der Waals surface area contributed by atoms with E-state index in [0.29, 0.717) is 9.87 Å². The molecule has 0 bridgehead atoms. The summed E-state index contributed by atoms with van der Waals surface area (Å²) in [7, 11) is -4.39. The summed E-state index contributed by atoms with van der Waals surface area (Å²) in [5, 5.41) is 18.7. The number of halogens is 3. The van der Waals surface area contributed by atoms with Gasteiger partial charge >= 0.3 is 5.97 Å². The van der Waals surface area contributed by atoms with E-state index in [2.05, 4.69) is 0 Å². The highest BCUT2D eigenvalue weighted by molar-refractivity contribution is 7.89. The fraction of sp³-hybridized carbons (Fsp3) is 0.188. The highest BCUT2D eigenvalue weighted by Crippen LogP contribution is 2.35. The van der Waals surface area contributed by atoms with Crippen molar-refractivity contribution in [2.75, 3.05) is 13.1 Å². The molecule has 6 nitrogen and oxygen atoms in total. The Hall–Kier alpha value is -1.87. The normalized spacial score (nSPS) is 11.7. The summed E-state index contributed by atoms with van der Waals surface area (Å²) in [5.74, 6) is -2.53. The Balaban J connectivity index is 2.35. The van der Waals surface area contributed by atoms with Gasteiger partial charge < -0.3 is 10.2 Å². The molecule has 10 heteroatoms. The molecule has 0 fully saturated rings. The van der Waals surface area contributed by atoms with Gasteiger partial charge in [-0.1, -0.05) is 35.3 Å². The molecule has 0 spiro atoms. The number of aromatic hydroxyl groups is 1. The minimum Gasteiger partial charge on any atom is -0.505 e. The lowest BCUT2D eigenvalue weighted by atomic mass is 10.1. The molecule has 140 valence electrons. The zero-order chi connectivity index (χ0) is 19.5. The minimum atomic E-state index is -4.39. The topological polar surface area (TPSA) is 94.9 Å². The van der Waals surface area contributed by atoms with E-state index in [9.17, 15) is 22.7 Å². The molecule has 0 saturated carbocycles. The van der Waals surface area contributed by atoms with Gasteiger partial charge in [0, 0.05) is 11.6 Å². The van der Waals surface area contributed by atoms with Crippen LogP contribution in [0.15, 0.2) is 41.3 Å². The van der Waals surface area contributed by atoms with Gasteiger partial charge in [-0.15, -0.1) is 0 Å². The molecule has 0 aliphatic rings. The van der Waals surface area contributed by atoms with Crippen LogP contribution in [0.25, 0.3) is 0 Å². The van der Waals surface area contributed by atoms with Crippen molar-refractivity contribution >= 4 is 39.2 Å². The zero-order valence-electron chi connectivity index (χ0n) is 13.2. The predicted molar refractivity (Wildman–Crippen MR) is 94.6 cm³/mol. The standard InChI is InChI=1S/C16H14Cl2FNO5S/c17-11-7-13(18)16(23)14(8-11)26(24,25)20(9-15(21)22)6-5-10-1-3-12(19)4-2-10/h1-4,7-8,23H,5-6,9H2,(H,21,22). The van der Waals surface area contributed by atoms with Crippen LogP contribution >= 0.6 is 23.2 Å². The summed E-state index contributed by atoms with van der Waals surface area (Å²) in [6.45, 7) is -1.03. The lowest BCUT2D eigenvalue weighted by Crippen LogP contribution is -2.37. The van der Waals surface area contributed by atoms with E-state index in [1.807, 2.05) is 0 Å². The Morgan fingerprint density at radius 2 is 1.77 bits per heavy atom. The number of hydrogen-bond acceptors (Lipinski definition) is 4. The molecule has 26 heavy (non-hydrogen) atoms. The number of rotatable bonds is 7. The third kappa shape index (κ3) is 4.85. The summed E-state index contributed by atoms with van der Waals surface area (Å²) in [5.41, 5.74) is 0.616. The maximum Gasteiger partial charge on any atom is 0.318 e. The van der Waals surface area contributed by atoms with Crippen molar-refractivity contribution in [3.63, 3.8) is 0 Å². The van der Waals surface area contributed by atoms with Gasteiger partial charge in [-0.05, 0) is 36.2 Å². The molecule has 0 aliphatic carbocycles. The molecule has 0 unspecified atom stereocenters. The summed E-state index contributed by atoms with van der Waals surface area (Å²) < 4.78 is 39.2. The largest absolute Gasteiger partial charge is 0.505 e. The predicted octanol–water partition coefficient (Wildman–Crippen LogP) is 3.16. The molecule has 2 N–H and O–H groups in total. The van der Waals surface area contributed by atoms with Crippen molar-refractivity contribution in [1.82, 2.24) is 4.31 Å². The molecular weight excluding hydrogens is 408 g/mol. The van der Waals surface area contributed by atoms with Gasteiger partial charge in [0.1, 0.15) is 17.3 Å². The number of benzene rings is 2. The quantitative estimate of drug-likeness (QED) is 0.715. The van der Waals surface area contributed by atoms with Gasteiger partial charge in [0.25, 0.3) is 0 Å². The van der Waals surface area contributed by atoms with Crippen molar-refractivity contribution in [1.29, 1.82) is 0 Å². The number of carbonyl (C=O) groups is 1. The number of phenols is 1. The second kappa shape index (κ2) is 8.22. The summed E-state index contributed by atoms with van der Waals surface area (Å²) >= 11 is 11.6. The van der Waals surface area contributed by atoms with Crippen molar-refractivity contribution in [3.05, 3.63) is 57.8 Å². The van der Waals surface area contributed by atoms with E-state index in [-0.39, 0.29) is 23.0 Å². The highest BCUT2D eigenvalue weighted by Gasteiger charge is 2.30. The number of nitrogens with zero attached hydrogens (tertiary/aromatic N) is 1. The minimum absolute atomic E-state index is 0.0276. The third-order valence-electron chi connectivity index (χ3n) is 3.49. The molecule has 0 saturated heterocycles. The molecule has 0 radical (unpaired) electrons. The van der Waals surface area contributed by atoms with Gasteiger partial charge in [-0.2, -0.15) is 4.31 Å². The van der Waals surface area contributed by atoms with Crippen molar-refractivity contribution in [3.8, 4) is 5.75 Å². The Morgan fingerprint density at radius 3 is 2.35 bits per heavy atom. The van der Waals surface area contributed by atoms with Crippen molar-refractivity contribution < 1.29 is 27.8 Å². The van der Waals surface area contributed by atoms with Gasteiger partial charge in [-0.25, -0.2) is 12.8 Å². The van der Waals surface area contributed by atoms with E-state index in [4.69, 9.17) is 28.3 Å². The van der Waals surface area contributed by atoms with Gasteiger partial charge in [-0.3, -0.25) is 4.79 Å². The van der Waals surface area contributed by atoms with Crippen molar-refractivity contribution in [2.45, 2.75) is 11.3 Å². The van der Waals surface area contributed by atoms with Crippen LogP contribution < -0.4 is 0 Å². The number of phenolic OH excluding ortho intramolecular Hbond substituents is 1. The Bertz CT molecular complexity index is 919. The van der Waals surface area contributed by atoms with Gasteiger partial charge in [0.05, 0.1) is 5.02 Å². The van der Waals surface area contributed by atoms with Crippen LogP contribution in [0.3, 0.4) is 0 Å². The SMILES string of the molecule is O=C(O)CN(CCc1ccc(F)cc1)S(=O)(=O)c1cc(Cl)cc(Cl)c1O. The molecule has 0 heterocycles. The lowest BCUT2D eigenvalue weighted by molar-refractivity contribution is -0.137. The molecule has 2 aromatic carbocycles. The smallest absolute Gasteiger partial charge is 0.318 e. The Kier molecular flexibility index (Phi) is 6.46. The first-order valence-corrected chi connectivity index (χ1v) is 9.45. The molecule has 2 aromatic rings. The van der Waals surface area contributed by atoms with Gasteiger partial charge in [0.15, 0.2) is 5.75 Å². The second-order valence-electron chi connectivity index (χ2n) is 5.34. The molecule has 0 amide bonds. The fourth-order valence-corrected chi connectivity index (χ4v) is 4.35. The van der Waals surface area contributed by atoms with E-state index in [0.717, 1.165) is 12.1 Å². The van der Waals surface area contributed by atoms with E-state index in [1.54, 1.807) is 0 Å².